The summed E-state index contributed by atoms with van der Waals surface area (Å²) >= 11 is 5.50. The Kier molecular flexibility index (Phi) is 5.51. The predicted molar refractivity (Wildman–Crippen MR) is 99.9 cm³/mol. The molecule has 2 heterocycles. The molecule has 144 valence electrons. The van der Waals surface area contributed by atoms with Crippen LogP contribution in [0, 0.1) is 0 Å². The van der Waals surface area contributed by atoms with Gasteiger partial charge in [-0.05, 0) is 44.9 Å². The van der Waals surface area contributed by atoms with Gasteiger partial charge in [0, 0.05) is 30.7 Å². The van der Waals surface area contributed by atoms with Gasteiger partial charge < -0.3 is 10.2 Å². The van der Waals surface area contributed by atoms with Crippen molar-refractivity contribution >= 4 is 35.2 Å². The first-order chi connectivity index (χ1) is 12.8. The number of likely N-dealkylation sites (tertiary alicyclic amines) is 1. The fourth-order valence-electron chi connectivity index (χ4n) is 3.54. The summed E-state index contributed by atoms with van der Waals surface area (Å²) in [4.78, 5) is 51.9. The first kappa shape index (κ1) is 19.4. The van der Waals surface area contributed by atoms with E-state index in [1.54, 1.807) is 30.9 Å². The lowest BCUT2D eigenvalue weighted by Gasteiger charge is -2.32. The number of piperidine rings is 1. The van der Waals surface area contributed by atoms with Crippen LogP contribution in [0.4, 0.5) is 0 Å². The van der Waals surface area contributed by atoms with Crippen LogP contribution in [-0.4, -0.2) is 64.5 Å². The zero-order valence-corrected chi connectivity index (χ0v) is 16.1. The van der Waals surface area contributed by atoms with Crippen molar-refractivity contribution in [3.63, 3.8) is 0 Å². The molecule has 1 saturated heterocycles. The van der Waals surface area contributed by atoms with E-state index < -0.39 is 0 Å². The Morgan fingerprint density at radius 1 is 1.15 bits per heavy atom. The Labute approximate surface area is 162 Å². The SMILES string of the molecule is CC(C)N1C(=O)c2ccc(C(=O)N3CCC(NC(=O)CCl)CC3)cc2C1=O. The Hall–Kier alpha value is -2.41. The molecule has 1 aromatic carbocycles. The Balaban J connectivity index is 1.71. The largest absolute Gasteiger partial charge is 0.352 e. The highest BCUT2D eigenvalue weighted by molar-refractivity contribution is 6.27. The van der Waals surface area contributed by atoms with Gasteiger partial charge in [0.25, 0.3) is 17.7 Å². The van der Waals surface area contributed by atoms with E-state index in [0.29, 0.717) is 37.1 Å². The molecule has 0 bridgehead atoms. The topological polar surface area (TPSA) is 86.8 Å². The minimum Gasteiger partial charge on any atom is -0.352 e. The first-order valence-electron chi connectivity index (χ1n) is 9.00. The van der Waals surface area contributed by atoms with E-state index in [1.165, 1.54) is 11.0 Å². The lowest BCUT2D eigenvalue weighted by Crippen LogP contribution is -2.46. The van der Waals surface area contributed by atoms with E-state index in [1.807, 2.05) is 0 Å². The maximum absolute atomic E-state index is 12.8. The molecule has 8 heteroatoms. The third-order valence-corrected chi connectivity index (χ3v) is 5.19. The highest BCUT2D eigenvalue weighted by Gasteiger charge is 2.37. The molecular formula is C19H22ClN3O4. The molecule has 3 rings (SSSR count). The number of alkyl halides is 1. The Morgan fingerprint density at radius 2 is 1.78 bits per heavy atom. The van der Waals surface area contributed by atoms with Gasteiger partial charge in [-0.3, -0.25) is 24.1 Å². The number of nitrogens with one attached hydrogen (secondary N) is 1. The summed E-state index contributed by atoms with van der Waals surface area (Å²) in [5, 5.41) is 2.83. The van der Waals surface area contributed by atoms with E-state index in [2.05, 4.69) is 5.32 Å². The van der Waals surface area contributed by atoms with Crippen molar-refractivity contribution in [2.45, 2.75) is 38.8 Å². The smallest absolute Gasteiger partial charge is 0.261 e. The van der Waals surface area contributed by atoms with Gasteiger partial charge in [0.1, 0.15) is 5.88 Å². The number of halogens is 1. The third-order valence-electron chi connectivity index (χ3n) is 4.95. The maximum atomic E-state index is 12.8. The number of fused-ring (bicyclic) bond motifs is 1. The molecule has 2 aliphatic rings. The summed E-state index contributed by atoms with van der Waals surface area (Å²) in [6.07, 6.45) is 1.30. The van der Waals surface area contributed by atoms with Gasteiger partial charge in [-0.25, -0.2) is 0 Å². The van der Waals surface area contributed by atoms with Gasteiger partial charge in [-0.1, -0.05) is 0 Å². The number of carbonyl (C=O) groups is 4. The van der Waals surface area contributed by atoms with Crippen LogP contribution in [0.25, 0.3) is 0 Å². The van der Waals surface area contributed by atoms with Gasteiger partial charge in [0.15, 0.2) is 0 Å². The van der Waals surface area contributed by atoms with Crippen molar-refractivity contribution in [3.05, 3.63) is 34.9 Å². The molecule has 7 nitrogen and oxygen atoms in total. The molecule has 0 radical (unpaired) electrons. The average Bonchev–Trinajstić information content (AvgIpc) is 2.91. The number of amides is 4. The molecule has 0 atom stereocenters. The second-order valence-corrected chi connectivity index (χ2v) is 7.37. The number of carbonyl (C=O) groups excluding carboxylic acids is 4. The van der Waals surface area contributed by atoms with Crippen LogP contribution < -0.4 is 5.32 Å². The number of nitrogens with zero attached hydrogens (tertiary/aromatic N) is 2. The Bertz CT molecular complexity index is 800. The van der Waals surface area contributed by atoms with Crippen LogP contribution in [0.3, 0.4) is 0 Å². The second kappa shape index (κ2) is 7.68. The van der Waals surface area contributed by atoms with Crippen LogP contribution in [0.2, 0.25) is 0 Å². The second-order valence-electron chi connectivity index (χ2n) is 7.10. The fraction of sp³-hybridized carbons (Fsp3) is 0.474. The summed E-state index contributed by atoms with van der Waals surface area (Å²) in [5.41, 5.74) is 1.01. The third kappa shape index (κ3) is 3.69. The zero-order chi connectivity index (χ0) is 19.7. The summed E-state index contributed by atoms with van der Waals surface area (Å²) in [5.74, 6) is -1.14. The molecule has 1 aromatic rings. The number of hydrogen-bond acceptors (Lipinski definition) is 4. The molecule has 1 fully saturated rings. The minimum absolute atomic E-state index is 0.0131. The predicted octanol–water partition coefficient (Wildman–Crippen LogP) is 1.65. The van der Waals surface area contributed by atoms with Gasteiger partial charge in [-0.2, -0.15) is 0 Å². The van der Waals surface area contributed by atoms with Crippen LogP contribution in [-0.2, 0) is 4.79 Å². The standard InChI is InChI=1S/C19H22ClN3O4/c1-11(2)23-18(26)14-4-3-12(9-15(14)19(23)27)17(25)22-7-5-13(6-8-22)21-16(24)10-20/h3-4,9,11,13H,5-8,10H2,1-2H3,(H,21,24). The molecular weight excluding hydrogens is 370 g/mol. The monoisotopic (exact) mass is 391 g/mol. The lowest BCUT2D eigenvalue weighted by atomic mass is 10.0. The lowest BCUT2D eigenvalue weighted by molar-refractivity contribution is -0.119. The first-order valence-corrected chi connectivity index (χ1v) is 9.53. The summed E-state index contributed by atoms with van der Waals surface area (Å²) in [7, 11) is 0. The molecule has 0 aromatic heterocycles. The van der Waals surface area contributed by atoms with E-state index >= 15 is 0 Å². The van der Waals surface area contributed by atoms with E-state index in [9.17, 15) is 19.2 Å². The summed E-state index contributed by atoms with van der Waals surface area (Å²) < 4.78 is 0. The number of hydrogen-bond donors (Lipinski definition) is 1. The normalized spacial score (nSPS) is 17.5. The van der Waals surface area contributed by atoms with Crippen LogP contribution in [0.15, 0.2) is 18.2 Å². The zero-order valence-electron chi connectivity index (χ0n) is 15.3. The Morgan fingerprint density at radius 3 is 2.37 bits per heavy atom. The summed E-state index contributed by atoms with van der Waals surface area (Å²) in [6.45, 7) is 4.57. The van der Waals surface area contributed by atoms with Crippen LogP contribution in [0.1, 0.15) is 57.8 Å². The maximum Gasteiger partial charge on any atom is 0.261 e. The number of benzene rings is 1. The molecule has 2 aliphatic heterocycles. The van der Waals surface area contributed by atoms with Crippen molar-refractivity contribution in [2.24, 2.45) is 0 Å². The molecule has 1 N–H and O–H groups in total. The van der Waals surface area contributed by atoms with Gasteiger partial charge in [0.05, 0.1) is 11.1 Å². The van der Waals surface area contributed by atoms with E-state index in [4.69, 9.17) is 11.6 Å². The minimum atomic E-state index is -0.359. The number of imide groups is 1. The summed E-state index contributed by atoms with van der Waals surface area (Å²) in [6, 6.07) is 4.44. The highest BCUT2D eigenvalue weighted by atomic mass is 35.5. The number of rotatable bonds is 4. The molecule has 0 saturated carbocycles. The average molecular weight is 392 g/mol. The van der Waals surface area contributed by atoms with Gasteiger partial charge >= 0.3 is 0 Å². The van der Waals surface area contributed by atoms with Crippen LogP contribution >= 0.6 is 11.6 Å². The van der Waals surface area contributed by atoms with Crippen molar-refractivity contribution in [3.8, 4) is 0 Å². The van der Waals surface area contributed by atoms with Crippen molar-refractivity contribution in [1.82, 2.24) is 15.1 Å². The van der Waals surface area contributed by atoms with Crippen molar-refractivity contribution < 1.29 is 19.2 Å². The molecule has 27 heavy (non-hydrogen) atoms. The highest BCUT2D eigenvalue weighted by Crippen LogP contribution is 2.26. The van der Waals surface area contributed by atoms with E-state index in [-0.39, 0.29) is 47.2 Å². The molecule has 0 unspecified atom stereocenters. The van der Waals surface area contributed by atoms with E-state index in [0.717, 1.165) is 0 Å². The molecule has 0 spiro atoms. The van der Waals surface area contributed by atoms with Crippen molar-refractivity contribution in [2.75, 3.05) is 19.0 Å². The van der Waals surface area contributed by atoms with Crippen LogP contribution in [0.5, 0.6) is 0 Å². The van der Waals surface area contributed by atoms with Gasteiger partial charge in [0.2, 0.25) is 5.91 Å². The molecule has 0 aliphatic carbocycles. The molecule has 4 amide bonds. The quantitative estimate of drug-likeness (QED) is 0.624. The fourth-order valence-corrected chi connectivity index (χ4v) is 3.61. The van der Waals surface area contributed by atoms with Crippen molar-refractivity contribution in [1.29, 1.82) is 0 Å². The van der Waals surface area contributed by atoms with Gasteiger partial charge in [-0.15, -0.1) is 11.6 Å².